The molecule has 2 aliphatic heterocycles. The molecule has 0 bridgehead atoms. The summed E-state index contributed by atoms with van der Waals surface area (Å²) in [6.45, 7) is 0.616. The van der Waals surface area contributed by atoms with Crippen LogP contribution in [0.1, 0.15) is 0 Å². The SMILES string of the molecule is [C]1=CC23COC=C2C=NN=C3C=C1. The van der Waals surface area contributed by atoms with Crippen molar-refractivity contribution in [2.75, 3.05) is 6.61 Å². The maximum absolute atomic E-state index is 5.31. The van der Waals surface area contributed by atoms with Gasteiger partial charge in [0.2, 0.25) is 0 Å². The second kappa shape index (κ2) is 2.19. The Kier molecular flexibility index (Phi) is 1.15. The van der Waals surface area contributed by atoms with Gasteiger partial charge in [-0.3, -0.25) is 0 Å². The van der Waals surface area contributed by atoms with Crippen molar-refractivity contribution in [1.82, 2.24) is 0 Å². The molecule has 1 atom stereocenters. The fourth-order valence-electron chi connectivity index (χ4n) is 1.76. The monoisotopic (exact) mass is 171 g/mol. The van der Waals surface area contributed by atoms with Crippen molar-refractivity contribution < 1.29 is 4.74 Å². The Labute approximate surface area is 75.8 Å². The lowest BCUT2D eigenvalue weighted by Gasteiger charge is -2.28. The summed E-state index contributed by atoms with van der Waals surface area (Å²) >= 11 is 0. The first kappa shape index (κ1) is 6.83. The van der Waals surface area contributed by atoms with Crippen molar-refractivity contribution in [3.63, 3.8) is 0 Å². The molecule has 1 radical (unpaired) electrons. The summed E-state index contributed by atoms with van der Waals surface area (Å²) in [4.78, 5) is 0. The van der Waals surface area contributed by atoms with Crippen LogP contribution in [0.15, 0.2) is 40.3 Å². The molecule has 3 nitrogen and oxygen atoms in total. The zero-order valence-corrected chi connectivity index (χ0v) is 6.90. The van der Waals surface area contributed by atoms with E-state index in [9.17, 15) is 0 Å². The van der Waals surface area contributed by atoms with Gasteiger partial charge in [-0.05, 0) is 12.2 Å². The predicted molar refractivity (Wildman–Crippen MR) is 49.3 cm³/mol. The molecule has 1 spiro atoms. The van der Waals surface area contributed by atoms with E-state index in [2.05, 4.69) is 16.3 Å². The average molecular weight is 171 g/mol. The first-order valence-corrected chi connectivity index (χ1v) is 4.13. The fraction of sp³-hybridized carbons (Fsp3) is 0.200. The molecule has 2 heterocycles. The Balaban J connectivity index is 2.22. The molecule has 3 aliphatic rings. The van der Waals surface area contributed by atoms with Crippen molar-refractivity contribution in [2.24, 2.45) is 15.6 Å². The molecule has 63 valence electrons. The van der Waals surface area contributed by atoms with Crippen LogP contribution in [0.25, 0.3) is 0 Å². The molecule has 0 amide bonds. The predicted octanol–water partition coefficient (Wildman–Crippen LogP) is 1.26. The lowest BCUT2D eigenvalue weighted by Crippen LogP contribution is -2.34. The highest BCUT2D eigenvalue weighted by Gasteiger charge is 2.42. The molecule has 3 rings (SSSR count). The van der Waals surface area contributed by atoms with Gasteiger partial charge in [-0.1, -0.05) is 12.2 Å². The van der Waals surface area contributed by atoms with Crippen LogP contribution in [0.4, 0.5) is 0 Å². The molecular weight excluding hydrogens is 164 g/mol. The largest absolute Gasteiger partial charge is 0.499 e. The van der Waals surface area contributed by atoms with Gasteiger partial charge in [-0.2, -0.15) is 10.2 Å². The molecule has 13 heavy (non-hydrogen) atoms. The highest BCUT2D eigenvalue weighted by atomic mass is 16.5. The van der Waals surface area contributed by atoms with Crippen molar-refractivity contribution in [3.8, 4) is 0 Å². The van der Waals surface area contributed by atoms with E-state index in [1.165, 1.54) is 0 Å². The second-order valence-corrected chi connectivity index (χ2v) is 3.23. The number of nitrogens with zero attached hydrogens (tertiary/aromatic N) is 2. The molecule has 0 aromatic carbocycles. The minimum absolute atomic E-state index is 0.198. The van der Waals surface area contributed by atoms with Gasteiger partial charge in [0, 0.05) is 5.57 Å². The molecule has 0 N–H and O–H groups in total. The van der Waals surface area contributed by atoms with Gasteiger partial charge < -0.3 is 4.74 Å². The minimum atomic E-state index is -0.198. The van der Waals surface area contributed by atoms with Crippen LogP contribution in [-0.4, -0.2) is 18.5 Å². The lowest BCUT2D eigenvalue weighted by molar-refractivity contribution is 0.245. The first-order valence-electron chi connectivity index (χ1n) is 4.13. The molecule has 0 saturated carbocycles. The van der Waals surface area contributed by atoms with Crippen LogP contribution in [0.5, 0.6) is 0 Å². The quantitative estimate of drug-likeness (QED) is 0.540. The third kappa shape index (κ3) is 0.736. The Morgan fingerprint density at radius 3 is 3.54 bits per heavy atom. The molecule has 3 heteroatoms. The summed E-state index contributed by atoms with van der Waals surface area (Å²) in [5, 5.41) is 8.01. The number of rotatable bonds is 0. The summed E-state index contributed by atoms with van der Waals surface area (Å²) in [6.07, 6.45) is 12.3. The van der Waals surface area contributed by atoms with Crippen LogP contribution >= 0.6 is 0 Å². The summed E-state index contributed by atoms with van der Waals surface area (Å²) in [7, 11) is 0. The smallest absolute Gasteiger partial charge is 0.106 e. The zero-order valence-electron chi connectivity index (χ0n) is 6.90. The van der Waals surface area contributed by atoms with E-state index in [1.54, 1.807) is 12.5 Å². The Morgan fingerprint density at radius 2 is 2.54 bits per heavy atom. The van der Waals surface area contributed by atoms with Crippen molar-refractivity contribution in [2.45, 2.75) is 0 Å². The number of ether oxygens (including phenoxy) is 1. The summed E-state index contributed by atoms with van der Waals surface area (Å²) < 4.78 is 5.31. The zero-order chi connectivity index (χ0) is 8.73. The van der Waals surface area contributed by atoms with Crippen molar-refractivity contribution >= 4 is 11.9 Å². The van der Waals surface area contributed by atoms with Gasteiger partial charge in [0.25, 0.3) is 0 Å². The molecule has 0 aromatic heterocycles. The van der Waals surface area contributed by atoms with E-state index in [-0.39, 0.29) is 5.41 Å². The third-order valence-corrected chi connectivity index (χ3v) is 2.52. The standard InChI is InChI=1S/C10H7N2O/c1-2-4-10-7-13-6-8(10)5-11-12-9(10)3-1/h1,3-6H,7H2. The normalized spacial score (nSPS) is 33.2. The van der Waals surface area contributed by atoms with E-state index in [4.69, 9.17) is 4.74 Å². The molecular formula is C10H7N2O. The molecule has 0 saturated heterocycles. The van der Waals surface area contributed by atoms with Gasteiger partial charge in [0.15, 0.2) is 0 Å². The van der Waals surface area contributed by atoms with Crippen LogP contribution in [-0.2, 0) is 4.74 Å². The van der Waals surface area contributed by atoms with Crippen LogP contribution in [0.2, 0.25) is 0 Å². The van der Waals surface area contributed by atoms with Gasteiger partial charge >= 0.3 is 0 Å². The fourth-order valence-corrected chi connectivity index (χ4v) is 1.76. The highest BCUT2D eigenvalue weighted by Crippen LogP contribution is 2.39. The Bertz CT molecular complexity index is 401. The van der Waals surface area contributed by atoms with Crippen LogP contribution in [0.3, 0.4) is 0 Å². The van der Waals surface area contributed by atoms with E-state index in [0.29, 0.717) is 6.61 Å². The summed E-state index contributed by atoms with van der Waals surface area (Å²) in [6, 6.07) is 0. The van der Waals surface area contributed by atoms with Crippen molar-refractivity contribution in [1.29, 1.82) is 0 Å². The minimum Gasteiger partial charge on any atom is -0.499 e. The summed E-state index contributed by atoms with van der Waals surface area (Å²) in [5.74, 6) is 0. The number of hydrogen-bond acceptors (Lipinski definition) is 3. The average Bonchev–Trinajstić information content (AvgIpc) is 2.58. The first-order chi connectivity index (χ1) is 6.42. The van der Waals surface area contributed by atoms with Gasteiger partial charge in [0.1, 0.15) is 6.61 Å². The van der Waals surface area contributed by atoms with Crippen molar-refractivity contribution in [3.05, 3.63) is 36.1 Å². The maximum Gasteiger partial charge on any atom is 0.106 e. The van der Waals surface area contributed by atoms with Crippen LogP contribution in [0, 0.1) is 11.5 Å². The molecule has 0 aromatic rings. The van der Waals surface area contributed by atoms with Crippen LogP contribution < -0.4 is 0 Å². The highest BCUT2D eigenvalue weighted by molar-refractivity contribution is 6.10. The van der Waals surface area contributed by atoms with Gasteiger partial charge in [-0.25, -0.2) is 0 Å². The van der Waals surface area contributed by atoms with E-state index in [0.717, 1.165) is 11.3 Å². The molecule has 0 fully saturated rings. The maximum atomic E-state index is 5.31. The Morgan fingerprint density at radius 1 is 1.54 bits per heavy atom. The topological polar surface area (TPSA) is 34.0 Å². The molecule has 1 aliphatic carbocycles. The van der Waals surface area contributed by atoms with Gasteiger partial charge in [0.05, 0.1) is 23.6 Å². The lowest BCUT2D eigenvalue weighted by atomic mass is 9.75. The Hall–Kier alpha value is -1.64. The van der Waals surface area contributed by atoms with Gasteiger partial charge in [-0.15, -0.1) is 0 Å². The summed E-state index contributed by atoms with van der Waals surface area (Å²) in [5.41, 5.74) is 1.81. The van der Waals surface area contributed by atoms with E-state index in [1.807, 2.05) is 18.2 Å². The second-order valence-electron chi connectivity index (χ2n) is 3.23. The third-order valence-electron chi connectivity index (χ3n) is 2.52. The van der Waals surface area contributed by atoms with E-state index >= 15 is 0 Å². The molecule has 1 unspecified atom stereocenters. The number of hydrogen-bond donors (Lipinski definition) is 0. The van der Waals surface area contributed by atoms with E-state index < -0.39 is 0 Å². The number of allylic oxidation sites excluding steroid dienone is 3.